The fraction of sp³-hybridized carbons (Fsp3) is 0.278. The maximum absolute atomic E-state index is 12.3. The van der Waals surface area contributed by atoms with E-state index in [1.54, 1.807) is 0 Å². The van der Waals surface area contributed by atoms with Crippen LogP contribution in [0.25, 0.3) is 0 Å². The van der Waals surface area contributed by atoms with Gasteiger partial charge in [-0.2, -0.15) is 0 Å². The molecule has 1 amide bonds. The van der Waals surface area contributed by atoms with E-state index in [4.69, 9.17) is 0 Å². The smallest absolute Gasteiger partial charge is 0.257 e. The molecule has 2 aromatic carbocycles. The minimum absolute atomic E-state index is 0.133. The third kappa shape index (κ3) is 4.09. The zero-order chi connectivity index (χ0) is 16.2. The highest BCUT2D eigenvalue weighted by molar-refractivity contribution is 5.97. The second-order valence-electron chi connectivity index (χ2n) is 5.75. The number of benzene rings is 2. The van der Waals surface area contributed by atoms with E-state index in [9.17, 15) is 9.90 Å². The van der Waals surface area contributed by atoms with Crippen LogP contribution in [0.4, 0.5) is 11.4 Å². The molecule has 116 valence electrons. The average molecular weight is 298 g/mol. The Morgan fingerprint density at radius 3 is 2.36 bits per heavy atom. The molecule has 22 heavy (non-hydrogen) atoms. The average Bonchev–Trinajstić information content (AvgIpc) is 2.50. The van der Waals surface area contributed by atoms with E-state index in [-0.39, 0.29) is 6.54 Å². The summed E-state index contributed by atoms with van der Waals surface area (Å²) >= 11 is 0. The van der Waals surface area contributed by atoms with Gasteiger partial charge < -0.3 is 15.7 Å². The van der Waals surface area contributed by atoms with Crippen molar-refractivity contribution >= 4 is 17.3 Å². The van der Waals surface area contributed by atoms with Crippen LogP contribution in [0.1, 0.15) is 18.1 Å². The lowest BCUT2D eigenvalue weighted by Gasteiger charge is -2.23. The lowest BCUT2D eigenvalue weighted by Crippen LogP contribution is -2.45. The van der Waals surface area contributed by atoms with Crippen LogP contribution in [0.2, 0.25) is 0 Å². The second-order valence-corrected chi connectivity index (χ2v) is 5.75. The van der Waals surface area contributed by atoms with Crippen molar-refractivity contribution in [1.29, 1.82) is 0 Å². The van der Waals surface area contributed by atoms with E-state index in [1.807, 2.05) is 62.4 Å². The van der Waals surface area contributed by atoms with Gasteiger partial charge in [0.15, 0.2) is 5.60 Å². The van der Waals surface area contributed by atoms with Gasteiger partial charge in [-0.25, -0.2) is 0 Å². The number of carbonyl (C=O) groups is 1. The zero-order valence-electron chi connectivity index (χ0n) is 13.2. The van der Waals surface area contributed by atoms with Crippen molar-refractivity contribution in [1.82, 2.24) is 0 Å². The van der Waals surface area contributed by atoms with Crippen molar-refractivity contribution in [3.8, 4) is 0 Å². The van der Waals surface area contributed by atoms with Crippen molar-refractivity contribution in [2.24, 2.45) is 0 Å². The van der Waals surface area contributed by atoms with Crippen LogP contribution in [0.3, 0.4) is 0 Å². The molecule has 1 atom stereocenters. The summed E-state index contributed by atoms with van der Waals surface area (Å²) < 4.78 is 0. The number of nitrogens with one attached hydrogen (secondary N) is 2. The van der Waals surface area contributed by atoms with E-state index < -0.39 is 11.5 Å². The van der Waals surface area contributed by atoms with Crippen molar-refractivity contribution in [3.05, 3.63) is 59.7 Å². The zero-order valence-corrected chi connectivity index (χ0v) is 13.2. The minimum Gasteiger partial charge on any atom is -0.382 e. The highest BCUT2D eigenvalue weighted by Crippen LogP contribution is 2.17. The Balaban J connectivity index is 1.99. The first-order valence-electron chi connectivity index (χ1n) is 7.28. The normalized spacial score (nSPS) is 13.3. The standard InChI is InChI=1S/C18H22N2O2/c1-13-9-10-16(11-14(13)2)20-17(21)18(3,22)12-19-15-7-5-4-6-8-15/h4-11,19,22H,12H2,1-3H3,(H,20,21)/t18-/m0/s1. The molecule has 0 aliphatic rings. The topological polar surface area (TPSA) is 61.4 Å². The SMILES string of the molecule is Cc1ccc(NC(=O)[C@@](C)(O)CNc2ccccc2)cc1C. The molecule has 0 heterocycles. The van der Waals surface area contributed by atoms with Gasteiger partial charge in [0.05, 0.1) is 6.54 Å². The van der Waals surface area contributed by atoms with Gasteiger partial charge in [0.2, 0.25) is 0 Å². The summed E-state index contributed by atoms with van der Waals surface area (Å²) in [5.74, 6) is -0.431. The lowest BCUT2D eigenvalue weighted by atomic mass is 10.0. The predicted molar refractivity (Wildman–Crippen MR) is 90.1 cm³/mol. The van der Waals surface area contributed by atoms with Crippen molar-refractivity contribution in [2.45, 2.75) is 26.4 Å². The Hall–Kier alpha value is -2.33. The Bertz CT molecular complexity index is 651. The van der Waals surface area contributed by atoms with Crippen LogP contribution in [0, 0.1) is 13.8 Å². The maximum Gasteiger partial charge on any atom is 0.257 e. The molecule has 0 bridgehead atoms. The summed E-state index contributed by atoms with van der Waals surface area (Å²) in [6.07, 6.45) is 0. The van der Waals surface area contributed by atoms with Crippen LogP contribution in [-0.2, 0) is 4.79 Å². The summed E-state index contributed by atoms with van der Waals surface area (Å²) in [6.45, 7) is 5.63. The third-order valence-electron chi connectivity index (χ3n) is 3.66. The molecular formula is C18H22N2O2. The molecule has 0 saturated carbocycles. The molecule has 0 saturated heterocycles. The monoisotopic (exact) mass is 298 g/mol. The number of para-hydroxylation sites is 1. The first-order chi connectivity index (χ1) is 10.4. The van der Waals surface area contributed by atoms with Crippen LogP contribution in [-0.4, -0.2) is 23.2 Å². The Kier molecular flexibility index (Phi) is 4.83. The summed E-state index contributed by atoms with van der Waals surface area (Å²) in [5, 5.41) is 16.2. The van der Waals surface area contributed by atoms with Gasteiger partial charge in [0.25, 0.3) is 5.91 Å². The van der Waals surface area contributed by atoms with Crippen LogP contribution in [0.5, 0.6) is 0 Å². The molecule has 2 aromatic rings. The molecule has 0 fully saturated rings. The van der Waals surface area contributed by atoms with Gasteiger partial charge in [-0.1, -0.05) is 24.3 Å². The van der Waals surface area contributed by atoms with E-state index in [1.165, 1.54) is 6.92 Å². The molecule has 0 radical (unpaired) electrons. The van der Waals surface area contributed by atoms with Gasteiger partial charge in [0, 0.05) is 11.4 Å². The van der Waals surface area contributed by atoms with Crippen LogP contribution >= 0.6 is 0 Å². The van der Waals surface area contributed by atoms with E-state index in [0.717, 1.165) is 16.8 Å². The predicted octanol–water partition coefficient (Wildman–Crippen LogP) is 3.11. The largest absolute Gasteiger partial charge is 0.382 e. The molecule has 4 nitrogen and oxygen atoms in total. The van der Waals surface area contributed by atoms with Crippen molar-refractivity contribution in [2.75, 3.05) is 17.2 Å². The number of aryl methyl sites for hydroxylation is 2. The van der Waals surface area contributed by atoms with Gasteiger partial charge in [-0.15, -0.1) is 0 Å². The van der Waals surface area contributed by atoms with Crippen molar-refractivity contribution < 1.29 is 9.90 Å². The molecule has 0 aliphatic carbocycles. The Morgan fingerprint density at radius 2 is 1.73 bits per heavy atom. The maximum atomic E-state index is 12.3. The summed E-state index contributed by atoms with van der Waals surface area (Å²) in [4.78, 5) is 12.3. The van der Waals surface area contributed by atoms with Crippen molar-refractivity contribution in [3.63, 3.8) is 0 Å². The summed E-state index contributed by atoms with van der Waals surface area (Å²) in [7, 11) is 0. The fourth-order valence-electron chi connectivity index (χ4n) is 2.00. The van der Waals surface area contributed by atoms with Crippen LogP contribution < -0.4 is 10.6 Å². The Morgan fingerprint density at radius 1 is 1.05 bits per heavy atom. The molecule has 0 unspecified atom stereocenters. The van der Waals surface area contributed by atoms with Crippen LogP contribution in [0.15, 0.2) is 48.5 Å². The number of hydrogen-bond acceptors (Lipinski definition) is 3. The van der Waals surface area contributed by atoms with E-state index in [0.29, 0.717) is 5.69 Å². The quantitative estimate of drug-likeness (QED) is 0.795. The number of anilines is 2. The lowest BCUT2D eigenvalue weighted by molar-refractivity contribution is -0.131. The summed E-state index contributed by atoms with van der Waals surface area (Å²) in [5.41, 5.74) is 2.31. The fourth-order valence-corrected chi connectivity index (χ4v) is 2.00. The van der Waals surface area contributed by atoms with Gasteiger partial charge in [-0.05, 0) is 56.2 Å². The number of aliphatic hydroxyl groups is 1. The van der Waals surface area contributed by atoms with Gasteiger partial charge in [0.1, 0.15) is 0 Å². The number of carbonyl (C=O) groups excluding carboxylic acids is 1. The first-order valence-corrected chi connectivity index (χ1v) is 7.28. The number of hydrogen-bond donors (Lipinski definition) is 3. The molecule has 2 rings (SSSR count). The molecule has 0 aliphatic heterocycles. The molecule has 4 heteroatoms. The van der Waals surface area contributed by atoms with Gasteiger partial charge in [-0.3, -0.25) is 4.79 Å². The molecule has 0 aromatic heterocycles. The first kappa shape index (κ1) is 16.0. The molecule has 3 N–H and O–H groups in total. The number of amides is 1. The summed E-state index contributed by atoms with van der Waals surface area (Å²) in [6, 6.07) is 15.2. The van der Waals surface area contributed by atoms with Gasteiger partial charge >= 0.3 is 0 Å². The van der Waals surface area contributed by atoms with E-state index >= 15 is 0 Å². The molecule has 0 spiro atoms. The van der Waals surface area contributed by atoms with E-state index in [2.05, 4.69) is 10.6 Å². The highest BCUT2D eigenvalue weighted by atomic mass is 16.3. The minimum atomic E-state index is -1.51. The number of rotatable bonds is 5. The Labute approximate surface area is 131 Å². The third-order valence-corrected chi connectivity index (χ3v) is 3.66. The second kappa shape index (κ2) is 6.62. The molecular weight excluding hydrogens is 276 g/mol. The highest BCUT2D eigenvalue weighted by Gasteiger charge is 2.30.